The van der Waals surface area contributed by atoms with Gasteiger partial charge < -0.3 is 10.1 Å². The van der Waals surface area contributed by atoms with E-state index in [1.54, 1.807) is 0 Å². The van der Waals surface area contributed by atoms with E-state index < -0.39 is 0 Å². The maximum Gasteiger partial charge on any atom is 0.0949 e. The fraction of sp³-hybridized carbons (Fsp3) is 0.600. The van der Waals surface area contributed by atoms with Crippen molar-refractivity contribution in [3.63, 3.8) is 0 Å². The lowest BCUT2D eigenvalue weighted by molar-refractivity contribution is 0.0656. The van der Waals surface area contributed by atoms with Gasteiger partial charge in [0.1, 0.15) is 0 Å². The number of ether oxygens (including phenoxy) is 1. The first-order chi connectivity index (χ1) is 7.98. The summed E-state index contributed by atoms with van der Waals surface area (Å²) >= 11 is 0. The monoisotopic (exact) mass is 233 g/mol. The van der Waals surface area contributed by atoms with Crippen molar-refractivity contribution in [2.24, 2.45) is 0 Å². The van der Waals surface area contributed by atoms with Crippen LogP contribution in [-0.2, 0) is 4.74 Å². The fourth-order valence-electron chi connectivity index (χ4n) is 2.15. The van der Waals surface area contributed by atoms with Gasteiger partial charge in [-0.05, 0) is 50.8 Å². The van der Waals surface area contributed by atoms with E-state index >= 15 is 0 Å². The van der Waals surface area contributed by atoms with Crippen molar-refractivity contribution in [3.05, 3.63) is 34.9 Å². The van der Waals surface area contributed by atoms with Crippen molar-refractivity contribution < 1.29 is 4.74 Å². The summed E-state index contributed by atoms with van der Waals surface area (Å²) in [7, 11) is 0. The minimum atomic E-state index is 0.189. The molecular weight excluding hydrogens is 210 g/mol. The summed E-state index contributed by atoms with van der Waals surface area (Å²) in [6.45, 7) is 10.5. The SMILES string of the molecule is Cc1ccc(C2CNC(C)(C)CCO2)cc1C. The number of benzene rings is 1. The molecule has 1 aromatic rings. The highest BCUT2D eigenvalue weighted by atomic mass is 16.5. The number of aryl methyl sites for hydroxylation is 2. The fourth-order valence-corrected chi connectivity index (χ4v) is 2.15. The molecule has 17 heavy (non-hydrogen) atoms. The Morgan fingerprint density at radius 3 is 2.71 bits per heavy atom. The Kier molecular flexibility index (Phi) is 3.55. The molecule has 1 fully saturated rings. The minimum Gasteiger partial charge on any atom is -0.372 e. The zero-order valence-corrected chi connectivity index (χ0v) is 11.3. The Balaban J connectivity index is 2.14. The number of hydrogen-bond donors (Lipinski definition) is 1. The lowest BCUT2D eigenvalue weighted by Gasteiger charge is -2.23. The number of rotatable bonds is 1. The van der Waals surface area contributed by atoms with E-state index in [2.05, 4.69) is 51.2 Å². The van der Waals surface area contributed by atoms with E-state index in [1.165, 1.54) is 16.7 Å². The maximum absolute atomic E-state index is 5.96. The second-order valence-electron chi connectivity index (χ2n) is 5.72. The zero-order valence-electron chi connectivity index (χ0n) is 11.3. The van der Waals surface area contributed by atoms with Crippen LogP contribution in [0.4, 0.5) is 0 Å². The summed E-state index contributed by atoms with van der Waals surface area (Å²) in [4.78, 5) is 0. The van der Waals surface area contributed by atoms with Crippen LogP contribution in [0.3, 0.4) is 0 Å². The molecule has 1 aromatic carbocycles. The van der Waals surface area contributed by atoms with Gasteiger partial charge in [-0.25, -0.2) is 0 Å². The van der Waals surface area contributed by atoms with Gasteiger partial charge in [-0.15, -0.1) is 0 Å². The largest absolute Gasteiger partial charge is 0.372 e. The van der Waals surface area contributed by atoms with Crippen LogP contribution < -0.4 is 5.32 Å². The van der Waals surface area contributed by atoms with E-state index in [-0.39, 0.29) is 11.6 Å². The third kappa shape index (κ3) is 3.08. The van der Waals surface area contributed by atoms with E-state index in [0.717, 1.165) is 19.6 Å². The van der Waals surface area contributed by atoms with Crippen molar-refractivity contribution in [1.29, 1.82) is 0 Å². The highest BCUT2D eigenvalue weighted by molar-refractivity contribution is 5.31. The first kappa shape index (κ1) is 12.6. The van der Waals surface area contributed by atoms with Crippen LogP contribution in [0.15, 0.2) is 18.2 Å². The van der Waals surface area contributed by atoms with Gasteiger partial charge in [-0.3, -0.25) is 0 Å². The highest BCUT2D eigenvalue weighted by Gasteiger charge is 2.24. The Morgan fingerprint density at radius 2 is 2.00 bits per heavy atom. The summed E-state index contributed by atoms with van der Waals surface area (Å²) in [6.07, 6.45) is 1.25. The van der Waals surface area contributed by atoms with Crippen LogP contribution in [0.5, 0.6) is 0 Å². The van der Waals surface area contributed by atoms with E-state index in [4.69, 9.17) is 4.74 Å². The molecular formula is C15H23NO. The van der Waals surface area contributed by atoms with Crippen molar-refractivity contribution in [3.8, 4) is 0 Å². The summed E-state index contributed by atoms with van der Waals surface area (Å²) in [5.41, 5.74) is 4.16. The summed E-state index contributed by atoms with van der Waals surface area (Å²) in [5, 5.41) is 3.58. The molecule has 1 saturated heterocycles. The molecule has 0 saturated carbocycles. The second-order valence-corrected chi connectivity index (χ2v) is 5.72. The van der Waals surface area contributed by atoms with Gasteiger partial charge in [0.15, 0.2) is 0 Å². The molecule has 0 aliphatic carbocycles. The highest BCUT2D eigenvalue weighted by Crippen LogP contribution is 2.24. The normalized spacial score (nSPS) is 24.4. The molecule has 2 heteroatoms. The van der Waals surface area contributed by atoms with Gasteiger partial charge >= 0.3 is 0 Å². The molecule has 1 atom stereocenters. The van der Waals surface area contributed by atoms with Gasteiger partial charge in [0.25, 0.3) is 0 Å². The molecule has 2 nitrogen and oxygen atoms in total. The Labute approximate surface area is 104 Å². The van der Waals surface area contributed by atoms with Crippen LogP contribution in [0.2, 0.25) is 0 Å². The second kappa shape index (κ2) is 4.79. The van der Waals surface area contributed by atoms with Crippen LogP contribution >= 0.6 is 0 Å². The summed E-state index contributed by atoms with van der Waals surface area (Å²) in [5.74, 6) is 0. The zero-order chi connectivity index (χ0) is 12.5. The molecule has 0 aromatic heterocycles. The summed E-state index contributed by atoms with van der Waals surface area (Å²) < 4.78 is 5.96. The quantitative estimate of drug-likeness (QED) is 0.804. The Morgan fingerprint density at radius 1 is 1.24 bits per heavy atom. The van der Waals surface area contributed by atoms with Gasteiger partial charge in [0, 0.05) is 18.7 Å². The molecule has 0 spiro atoms. The predicted octanol–water partition coefficient (Wildman–Crippen LogP) is 3.13. The smallest absolute Gasteiger partial charge is 0.0949 e. The predicted molar refractivity (Wildman–Crippen MR) is 71.3 cm³/mol. The molecule has 0 bridgehead atoms. The average Bonchev–Trinajstić information content (AvgIpc) is 2.44. The average molecular weight is 233 g/mol. The topological polar surface area (TPSA) is 21.3 Å². The van der Waals surface area contributed by atoms with E-state index in [1.807, 2.05) is 0 Å². The number of hydrogen-bond acceptors (Lipinski definition) is 2. The maximum atomic E-state index is 5.96. The molecule has 2 rings (SSSR count). The Bertz CT molecular complexity index is 398. The van der Waals surface area contributed by atoms with Crippen molar-refractivity contribution in [1.82, 2.24) is 5.32 Å². The van der Waals surface area contributed by atoms with Crippen molar-refractivity contribution >= 4 is 0 Å². The first-order valence-corrected chi connectivity index (χ1v) is 6.42. The molecule has 1 aliphatic heterocycles. The van der Waals surface area contributed by atoms with Crippen LogP contribution in [0, 0.1) is 13.8 Å². The molecule has 1 unspecified atom stereocenters. The third-order valence-corrected chi connectivity index (χ3v) is 3.71. The molecule has 1 heterocycles. The van der Waals surface area contributed by atoms with Crippen LogP contribution in [0.1, 0.15) is 43.1 Å². The lowest BCUT2D eigenvalue weighted by Crippen LogP contribution is -2.39. The van der Waals surface area contributed by atoms with Crippen molar-refractivity contribution in [2.75, 3.05) is 13.2 Å². The van der Waals surface area contributed by atoms with Crippen molar-refractivity contribution in [2.45, 2.75) is 45.8 Å². The molecule has 1 N–H and O–H groups in total. The van der Waals surface area contributed by atoms with Crippen LogP contribution in [-0.4, -0.2) is 18.7 Å². The molecule has 0 amide bonds. The minimum absolute atomic E-state index is 0.189. The van der Waals surface area contributed by atoms with Gasteiger partial charge in [-0.1, -0.05) is 18.2 Å². The summed E-state index contributed by atoms with van der Waals surface area (Å²) in [6, 6.07) is 6.62. The number of nitrogens with one attached hydrogen (secondary N) is 1. The molecule has 1 aliphatic rings. The molecule has 0 radical (unpaired) electrons. The molecule has 94 valence electrons. The first-order valence-electron chi connectivity index (χ1n) is 6.42. The standard InChI is InChI=1S/C15H23NO/c1-11-5-6-13(9-12(11)2)14-10-16-15(3,4)7-8-17-14/h5-6,9,14,16H,7-8,10H2,1-4H3. The third-order valence-electron chi connectivity index (χ3n) is 3.71. The van der Waals surface area contributed by atoms with Gasteiger partial charge in [0.05, 0.1) is 6.10 Å². The van der Waals surface area contributed by atoms with Gasteiger partial charge in [-0.2, -0.15) is 0 Å². The Hall–Kier alpha value is -0.860. The lowest BCUT2D eigenvalue weighted by atomic mass is 10.0. The van der Waals surface area contributed by atoms with E-state index in [0.29, 0.717) is 0 Å². The van der Waals surface area contributed by atoms with Crippen LogP contribution in [0.25, 0.3) is 0 Å². The van der Waals surface area contributed by atoms with E-state index in [9.17, 15) is 0 Å². The van der Waals surface area contributed by atoms with Gasteiger partial charge in [0.2, 0.25) is 0 Å².